The Hall–Kier alpha value is -3.19. The molecule has 0 bridgehead atoms. The van der Waals surface area contributed by atoms with E-state index in [2.05, 4.69) is 15.0 Å². The molecule has 0 aliphatic heterocycles. The number of aryl methyl sites for hydroxylation is 2. The van der Waals surface area contributed by atoms with Crippen molar-refractivity contribution in [2.45, 2.75) is 25.3 Å². The fourth-order valence-electron chi connectivity index (χ4n) is 2.68. The number of carbonyl (C=O) groups is 1. The van der Waals surface area contributed by atoms with Gasteiger partial charge in [0.15, 0.2) is 0 Å². The van der Waals surface area contributed by atoms with Gasteiger partial charge in [0.05, 0.1) is 10.6 Å². The van der Waals surface area contributed by atoms with Gasteiger partial charge in [-0.05, 0) is 60.9 Å². The van der Waals surface area contributed by atoms with Crippen molar-refractivity contribution < 1.29 is 13.2 Å². The van der Waals surface area contributed by atoms with Gasteiger partial charge in [0.2, 0.25) is 0 Å². The summed E-state index contributed by atoms with van der Waals surface area (Å²) in [7, 11) is -3.81. The first-order valence-electron chi connectivity index (χ1n) is 8.73. The van der Waals surface area contributed by atoms with Gasteiger partial charge in [-0.15, -0.1) is 0 Å². The maximum atomic E-state index is 12.8. The average Bonchev–Trinajstić information content (AvgIpc) is 2.69. The Balaban J connectivity index is 1.82. The van der Waals surface area contributed by atoms with E-state index < -0.39 is 10.0 Å². The number of para-hydroxylation sites is 1. The molecule has 144 valence electrons. The summed E-state index contributed by atoms with van der Waals surface area (Å²) in [6.45, 7) is 3.93. The van der Waals surface area contributed by atoms with Crippen LogP contribution in [-0.2, 0) is 16.6 Å². The largest absolute Gasteiger partial charge is 0.348 e. The second-order valence-corrected chi connectivity index (χ2v) is 8.12. The van der Waals surface area contributed by atoms with E-state index >= 15 is 0 Å². The standard InChI is InChI=1S/C21H21N3O3S/c1-15-7-8-18(28(26,27)24-20-6-4-3-5-16(20)2)13-19(15)21(25)23-14-17-9-11-22-12-10-17/h3-13,24H,14H2,1-2H3,(H,23,25). The zero-order chi connectivity index (χ0) is 20.1. The van der Waals surface area contributed by atoms with Crippen LogP contribution >= 0.6 is 0 Å². The molecule has 2 aromatic carbocycles. The van der Waals surface area contributed by atoms with Crippen molar-refractivity contribution in [3.8, 4) is 0 Å². The molecule has 0 aliphatic carbocycles. The molecule has 0 saturated heterocycles. The average molecular weight is 395 g/mol. The highest BCUT2D eigenvalue weighted by Gasteiger charge is 2.19. The summed E-state index contributed by atoms with van der Waals surface area (Å²) in [5.74, 6) is -0.331. The van der Waals surface area contributed by atoms with Gasteiger partial charge in [-0.25, -0.2) is 8.42 Å². The zero-order valence-corrected chi connectivity index (χ0v) is 16.5. The van der Waals surface area contributed by atoms with Crippen LogP contribution in [0.1, 0.15) is 27.0 Å². The topological polar surface area (TPSA) is 88.2 Å². The molecule has 3 aromatic rings. The summed E-state index contributed by atoms with van der Waals surface area (Å²) in [6, 6.07) is 15.3. The molecule has 1 aromatic heterocycles. The quantitative estimate of drug-likeness (QED) is 0.669. The normalized spacial score (nSPS) is 11.1. The third kappa shape index (κ3) is 4.55. The van der Waals surface area contributed by atoms with Crippen molar-refractivity contribution in [2.75, 3.05) is 4.72 Å². The lowest BCUT2D eigenvalue weighted by atomic mass is 10.1. The van der Waals surface area contributed by atoms with Crippen molar-refractivity contribution in [2.24, 2.45) is 0 Å². The molecule has 28 heavy (non-hydrogen) atoms. The van der Waals surface area contributed by atoms with Crippen LogP contribution in [0.3, 0.4) is 0 Å². The SMILES string of the molecule is Cc1ccccc1NS(=O)(=O)c1ccc(C)c(C(=O)NCc2ccncc2)c1. The zero-order valence-electron chi connectivity index (χ0n) is 15.6. The first-order valence-corrected chi connectivity index (χ1v) is 10.2. The molecule has 0 fully saturated rings. The molecule has 0 atom stereocenters. The predicted molar refractivity (Wildman–Crippen MR) is 109 cm³/mol. The number of sulfonamides is 1. The van der Waals surface area contributed by atoms with Crippen LogP contribution in [0.25, 0.3) is 0 Å². The fraction of sp³-hybridized carbons (Fsp3) is 0.143. The lowest BCUT2D eigenvalue weighted by Crippen LogP contribution is -2.24. The number of nitrogens with one attached hydrogen (secondary N) is 2. The van der Waals surface area contributed by atoms with Gasteiger partial charge >= 0.3 is 0 Å². The number of nitrogens with zero attached hydrogens (tertiary/aromatic N) is 1. The van der Waals surface area contributed by atoms with E-state index in [1.165, 1.54) is 12.1 Å². The number of pyridine rings is 1. The lowest BCUT2D eigenvalue weighted by Gasteiger charge is -2.13. The van der Waals surface area contributed by atoms with Gasteiger partial charge in [0, 0.05) is 24.5 Å². The molecule has 0 radical (unpaired) electrons. The Bertz CT molecular complexity index is 1100. The van der Waals surface area contributed by atoms with E-state index in [-0.39, 0.29) is 10.8 Å². The molecule has 0 aliphatic rings. The van der Waals surface area contributed by atoms with Crippen LogP contribution in [0.5, 0.6) is 0 Å². The third-order valence-corrected chi connectivity index (χ3v) is 5.72. The Kier molecular flexibility index (Phi) is 5.75. The number of hydrogen-bond donors (Lipinski definition) is 2. The first kappa shape index (κ1) is 19.6. The number of amides is 1. The Morgan fingerprint density at radius 3 is 2.39 bits per heavy atom. The summed E-state index contributed by atoms with van der Waals surface area (Å²) < 4.78 is 28.1. The first-order chi connectivity index (χ1) is 13.4. The van der Waals surface area contributed by atoms with Gasteiger partial charge in [-0.1, -0.05) is 24.3 Å². The van der Waals surface area contributed by atoms with Gasteiger partial charge in [-0.3, -0.25) is 14.5 Å². The van der Waals surface area contributed by atoms with E-state index in [4.69, 9.17) is 0 Å². The van der Waals surface area contributed by atoms with E-state index in [0.29, 0.717) is 23.4 Å². The number of aromatic nitrogens is 1. The van der Waals surface area contributed by atoms with Crippen molar-refractivity contribution in [3.63, 3.8) is 0 Å². The maximum absolute atomic E-state index is 12.8. The van der Waals surface area contributed by atoms with E-state index in [9.17, 15) is 13.2 Å². The third-order valence-electron chi connectivity index (χ3n) is 4.36. The number of benzene rings is 2. The van der Waals surface area contributed by atoms with Crippen LogP contribution in [0.15, 0.2) is 71.9 Å². The van der Waals surface area contributed by atoms with Gasteiger partial charge in [0.1, 0.15) is 0 Å². The number of rotatable bonds is 6. The molecule has 1 heterocycles. The highest BCUT2D eigenvalue weighted by atomic mass is 32.2. The van der Waals surface area contributed by atoms with Crippen LogP contribution < -0.4 is 10.0 Å². The van der Waals surface area contributed by atoms with Gasteiger partial charge in [-0.2, -0.15) is 0 Å². The summed E-state index contributed by atoms with van der Waals surface area (Å²) in [6.07, 6.45) is 3.30. The lowest BCUT2D eigenvalue weighted by molar-refractivity contribution is 0.0950. The van der Waals surface area contributed by atoms with E-state index in [1.807, 2.05) is 19.1 Å². The second-order valence-electron chi connectivity index (χ2n) is 6.44. The smallest absolute Gasteiger partial charge is 0.261 e. The highest BCUT2D eigenvalue weighted by Crippen LogP contribution is 2.21. The molecule has 7 heteroatoms. The van der Waals surface area contributed by atoms with Crippen LogP contribution in [0.2, 0.25) is 0 Å². The minimum Gasteiger partial charge on any atom is -0.348 e. The van der Waals surface area contributed by atoms with Crippen molar-refractivity contribution in [1.82, 2.24) is 10.3 Å². The minimum absolute atomic E-state index is 0.0374. The van der Waals surface area contributed by atoms with Gasteiger partial charge in [0.25, 0.3) is 15.9 Å². The maximum Gasteiger partial charge on any atom is 0.261 e. The molecule has 0 unspecified atom stereocenters. The molecule has 0 spiro atoms. The molecule has 6 nitrogen and oxygen atoms in total. The van der Waals surface area contributed by atoms with Crippen LogP contribution in [-0.4, -0.2) is 19.3 Å². The number of carbonyl (C=O) groups excluding carboxylic acids is 1. The Morgan fingerprint density at radius 1 is 0.964 bits per heavy atom. The van der Waals surface area contributed by atoms with E-state index in [0.717, 1.165) is 11.1 Å². The number of anilines is 1. The molecular formula is C21H21N3O3S. The summed E-state index contributed by atoms with van der Waals surface area (Å²) in [4.78, 5) is 16.6. The Labute approximate surface area is 164 Å². The second kappa shape index (κ2) is 8.22. The number of hydrogen-bond acceptors (Lipinski definition) is 4. The summed E-state index contributed by atoms with van der Waals surface area (Å²) >= 11 is 0. The monoisotopic (exact) mass is 395 g/mol. The van der Waals surface area contributed by atoms with Crippen molar-refractivity contribution in [3.05, 3.63) is 89.2 Å². The fourth-order valence-corrected chi connectivity index (χ4v) is 3.84. The van der Waals surface area contributed by atoms with Crippen LogP contribution in [0, 0.1) is 13.8 Å². The van der Waals surface area contributed by atoms with Crippen molar-refractivity contribution >= 4 is 21.6 Å². The molecule has 1 amide bonds. The summed E-state index contributed by atoms with van der Waals surface area (Å²) in [5.41, 5.74) is 3.25. The van der Waals surface area contributed by atoms with E-state index in [1.54, 1.807) is 49.6 Å². The molecule has 3 rings (SSSR count). The molecule has 0 saturated carbocycles. The van der Waals surface area contributed by atoms with Crippen molar-refractivity contribution in [1.29, 1.82) is 0 Å². The Morgan fingerprint density at radius 2 is 1.68 bits per heavy atom. The van der Waals surface area contributed by atoms with Crippen LogP contribution in [0.4, 0.5) is 5.69 Å². The molecular weight excluding hydrogens is 374 g/mol. The summed E-state index contributed by atoms with van der Waals surface area (Å²) in [5, 5.41) is 2.81. The predicted octanol–water partition coefficient (Wildman–Crippen LogP) is 3.43. The molecule has 2 N–H and O–H groups in total. The van der Waals surface area contributed by atoms with Gasteiger partial charge < -0.3 is 5.32 Å². The highest BCUT2D eigenvalue weighted by molar-refractivity contribution is 7.92. The minimum atomic E-state index is -3.81.